The number of H-pyrrole nitrogens is 1. The van der Waals surface area contributed by atoms with Crippen molar-refractivity contribution >= 4 is 16.9 Å². The van der Waals surface area contributed by atoms with Crippen LogP contribution in [-0.2, 0) is 11.2 Å². The third kappa shape index (κ3) is 2.14. The molecule has 0 aliphatic heterocycles. The highest BCUT2D eigenvalue weighted by Crippen LogP contribution is 2.15. The number of hydrogen-bond acceptors (Lipinski definition) is 3. The van der Waals surface area contributed by atoms with Gasteiger partial charge in [0, 0.05) is 11.5 Å². The lowest BCUT2D eigenvalue weighted by atomic mass is 10.1. The van der Waals surface area contributed by atoms with Crippen LogP contribution in [0.4, 0.5) is 0 Å². The van der Waals surface area contributed by atoms with Crippen LogP contribution in [0.1, 0.15) is 29.9 Å². The summed E-state index contributed by atoms with van der Waals surface area (Å²) in [6.07, 6.45) is 0.791. The third-order valence-electron chi connectivity index (χ3n) is 2.83. The maximum Gasteiger partial charge on any atom is 0.354 e. The van der Waals surface area contributed by atoms with Crippen LogP contribution in [0.25, 0.3) is 10.9 Å². The monoisotopic (exact) mass is 245 g/mol. The van der Waals surface area contributed by atoms with E-state index in [1.807, 2.05) is 19.1 Å². The van der Waals surface area contributed by atoms with Crippen molar-refractivity contribution in [1.29, 1.82) is 0 Å². The summed E-state index contributed by atoms with van der Waals surface area (Å²) in [7, 11) is 0. The quantitative estimate of drug-likeness (QED) is 0.844. The number of benzene rings is 1. The smallest absolute Gasteiger partial charge is 0.354 e. The summed E-state index contributed by atoms with van der Waals surface area (Å²) in [5.41, 5.74) is 1.77. The highest BCUT2D eigenvalue weighted by Gasteiger charge is 2.11. The molecule has 0 unspecified atom stereocenters. The Bertz CT molecular complexity index is 643. The molecule has 4 heteroatoms. The Kier molecular flexibility index (Phi) is 3.46. The van der Waals surface area contributed by atoms with Gasteiger partial charge >= 0.3 is 5.97 Å². The van der Waals surface area contributed by atoms with Crippen molar-refractivity contribution < 1.29 is 9.53 Å². The van der Waals surface area contributed by atoms with Crippen molar-refractivity contribution in [3.05, 3.63) is 45.7 Å². The van der Waals surface area contributed by atoms with Gasteiger partial charge in [-0.25, -0.2) is 4.79 Å². The Morgan fingerprint density at radius 3 is 2.78 bits per heavy atom. The number of rotatable bonds is 3. The lowest BCUT2D eigenvalue weighted by molar-refractivity contribution is 0.0520. The minimum Gasteiger partial charge on any atom is -0.461 e. The molecule has 4 nitrogen and oxygen atoms in total. The van der Waals surface area contributed by atoms with Gasteiger partial charge in [0.2, 0.25) is 0 Å². The van der Waals surface area contributed by atoms with Gasteiger partial charge in [0.1, 0.15) is 5.69 Å². The first kappa shape index (κ1) is 12.4. The fourth-order valence-electron chi connectivity index (χ4n) is 1.95. The third-order valence-corrected chi connectivity index (χ3v) is 2.83. The van der Waals surface area contributed by atoms with Crippen LogP contribution in [0.5, 0.6) is 0 Å². The van der Waals surface area contributed by atoms with E-state index in [2.05, 4.69) is 4.98 Å². The molecule has 0 saturated carbocycles. The van der Waals surface area contributed by atoms with Gasteiger partial charge < -0.3 is 9.72 Å². The van der Waals surface area contributed by atoms with Crippen LogP contribution in [-0.4, -0.2) is 17.6 Å². The Morgan fingerprint density at radius 1 is 1.33 bits per heavy atom. The number of aromatic amines is 1. The molecule has 0 amide bonds. The van der Waals surface area contributed by atoms with Crippen LogP contribution in [0.3, 0.4) is 0 Å². The highest BCUT2D eigenvalue weighted by atomic mass is 16.5. The molecular weight excluding hydrogens is 230 g/mol. The molecule has 1 N–H and O–H groups in total. The van der Waals surface area contributed by atoms with Gasteiger partial charge in [0.25, 0.3) is 0 Å². The molecule has 0 atom stereocenters. The molecule has 1 aromatic heterocycles. The summed E-state index contributed by atoms with van der Waals surface area (Å²) in [5.74, 6) is -0.498. The summed E-state index contributed by atoms with van der Waals surface area (Å²) in [6, 6.07) is 6.83. The van der Waals surface area contributed by atoms with Crippen molar-refractivity contribution in [3.63, 3.8) is 0 Å². The van der Waals surface area contributed by atoms with E-state index < -0.39 is 5.97 Å². The Hall–Kier alpha value is -2.10. The van der Waals surface area contributed by atoms with E-state index >= 15 is 0 Å². The molecule has 0 aliphatic carbocycles. The van der Waals surface area contributed by atoms with Crippen molar-refractivity contribution in [3.8, 4) is 0 Å². The summed E-state index contributed by atoms with van der Waals surface area (Å²) in [5, 5.41) is 0.599. The van der Waals surface area contributed by atoms with Crippen molar-refractivity contribution in [2.75, 3.05) is 6.61 Å². The van der Waals surface area contributed by atoms with Gasteiger partial charge in [0.15, 0.2) is 5.43 Å². The van der Waals surface area contributed by atoms with E-state index in [1.54, 1.807) is 13.0 Å². The number of fused-ring (bicyclic) bond motifs is 1. The normalized spacial score (nSPS) is 10.6. The molecule has 1 heterocycles. The fourth-order valence-corrected chi connectivity index (χ4v) is 1.95. The van der Waals surface area contributed by atoms with Gasteiger partial charge in [-0.2, -0.15) is 0 Å². The van der Waals surface area contributed by atoms with E-state index in [1.165, 1.54) is 6.07 Å². The molecule has 0 radical (unpaired) electrons. The summed E-state index contributed by atoms with van der Waals surface area (Å²) in [4.78, 5) is 26.6. The van der Waals surface area contributed by atoms with Gasteiger partial charge in [-0.15, -0.1) is 0 Å². The van der Waals surface area contributed by atoms with Crippen molar-refractivity contribution in [1.82, 2.24) is 4.98 Å². The van der Waals surface area contributed by atoms with Crippen LogP contribution in [0, 0.1) is 0 Å². The van der Waals surface area contributed by atoms with Crippen LogP contribution >= 0.6 is 0 Å². The average Bonchev–Trinajstić information content (AvgIpc) is 2.38. The number of pyridine rings is 1. The second kappa shape index (κ2) is 5.04. The lowest BCUT2D eigenvalue weighted by Gasteiger charge is -2.07. The zero-order valence-electron chi connectivity index (χ0n) is 10.4. The van der Waals surface area contributed by atoms with Crippen LogP contribution in [0.15, 0.2) is 29.1 Å². The number of esters is 1. The first-order valence-corrected chi connectivity index (χ1v) is 5.99. The largest absolute Gasteiger partial charge is 0.461 e. The molecule has 0 saturated heterocycles. The topological polar surface area (TPSA) is 59.2 Å². The highest BCUT2D eigenvalue weighted by molar-refractivity contribution is 5.91. The Balaban J connectivity index is 2.67. The predicted octanol–water partition coefficient (Wildman–Crippen LogP) is 2.27. The second-order valence-corrected chi connectivity index (χ2v) is 3.96. The molecule has 0 spiro atoms. The van der Waals surface area contributed by atoms with E-state index in [-0.39, 0.29) is 17.7 Å². The van der Waals surface area contributed by atoms with Gasteiger partial charge in [-0.1, -0.05) is 19.1 Å². The fraction of sp³-hybridized carbons (Fsp3) is 0.286. The molecule has 18 heavy (non-hydrogen) atoms. The number of carbonyl (C=O) groups is 1. The molecule has 94 valence electrons. The molecule has 1 aromatic carbocycles. The van der Waals surface area contributed by atoms with Crippen molar-refractivity contribution in [2.24, 2.45) is 0 Å². The standard InChI is InChI=1S/C14H15NO3/c1-3-9-6-5-7-10-12(16)8-11(15-13(9)10)14(17)18-4-2/h5-8H,3-4H2,1-2H3,(H,15,16). The molecule has 2 rings (SSSR count). The van der Waals surface area contributed by atoms with Crippen LogP contribution < -0.4 is 5.43 Å². The number of carbonyl (C=O) groups excluding carboxylic acids is 1. The Morgan fingerprint density at radius 2 is 2.11 bits per heavy atom. The summed E-state index contributed by atoms with van der Waals surface area (Å²) >= 11 is 0. The van der Waals surface area contributed by atoms with E-state index in [4.69, 9.17) is 4.74 Å². The lowest BCUT2D eigenvalue weighted by Crippen LogP contribution is -2.13. The number of aryl methyl sites for hydroxylation is 1. The minimum absolute atomic E-state index is 0.165. The SMILES string of the molecule is CCOC(=O)c1cc(=O)c2cccc(CC)c2[nH]1. The Labute approximate surface area is 105 Å². The number of ether oxygens (including phenoxy) is 1. The molecule has 0 bridgehead atoms. The van der Waals surface area contributed by atoms with E-state index in [0.717, 1.165) is 17.5 Å². The summed E-state index contributed by atoms with van der Waals surface area (Å²) in [6.45, 7) is 4.02. The number of aromatic nitrogens is 1. The van der Waals surface area contributed by atoms with E-state index in [0.29, 0.717) is 5.39 Å². The molecule has 2 aromatic rings. The molecule has 0 fully saturated rings. The molecule has 0 aliphatic rings. The number of hydrogen-bond donors (Lipinski definition) is 1. The van der Waals surface area contributed by atoms with Gasteiger partial charge in [0.05, 0.1) is 12.1 Å². The zero-order valence-corrected chi connectivity index (χ0v) is 10.4. The van der Waals surface area contributed by atoms with Gasteiger partial charge in [-0.3, -0.25) is 4.79 Å². The van der Waals surface area contributed by atoms with Gasteiger partial charge in [-0.05, 0) is 25.0 Å². The second-order valence-electron chi connectivity index (χ2n) is 3.96. The maximum atomic E-state index is 11.9. The van der Waals surface area contributed by atoms with Crippen LogP contribution in [0.2, 0.25) is 0 Å². The number of para-hydroxylation sites is 1. The summed E-state index contributed by atoms with van der Waals surface area (Å²) < 4.78 is 4.90. The first-order valence-electron chi connectivity index (χ1n) is 5.99. The zero-order chi connectivity index (χ0) is 13.1. The first-order chi connectivity index (χ1) is 8.67. The molecular formula is C14H15NO3. The average molecular weight is 245 g/mol. The maximum absolute atomic E-state index is 11.9. The van der Waals surface area contributed by atoms with Crippen molar-refractivity contribution in [2.45, 2.75) is 20.3 Å². The van der Waals surface area contributed by atoms with E-state index in [9.17, 15) is 9.59 Å². The predicted molar refractivity (Wildman–Crippen MR) is 69.9 cm³/mol. The minimum atomic E-state index is -0.498. The number of nitrogens with one attached hydrogen (secondary N) is 1.